The van der Waals surface area contributed by atoms with Gasteiger partial charge in [-0.1, -0.05) is 26.8 Å². The van der Waals surface area contributed by atoms with E-state index < -0.39 is 0 Å². The third-order valence-corrected chi connectivity index (χ3v) is 4.06. The summed E-state index contributed by atoms with van der Waals surface area (Å²) < 4.78 is 6.20. The van der Waals surface area contributed by atoms with E-state index in [1.165, 1.54) is 6.07 Å². The second kappa shape index (κ2) is 7.04. The summed E-state index contributed by atoms with van der Waals surface area (Å²) in [5.41, 5.74) is 1.22. The number of ether oxygens (including phenoxy) is 1. The van der Waals surface area contributed by atoms with Gasteiger partial charge in [-0.05, 0) is 24.1 Å². The van der Waals surface area contributed by atoms with E-state index in [4.69, 9.17) is 4.74 Å². The van der Waals surface area contributed by atoms with Crippen molar-refractivity contribution in [2.75, 3.05) is 20.2 Å². The van der Waals surface area contributed by atoms with Gasteiger partial charge in [0.15, 0.2) is 11.5 Å². The summed E-state index contributed by atoms with van der Waals surface area (Å²) in [6, 6.07) is 3.22. The van der Waals surface area contributed by atoms with Gasteiger partial charge in [-0.2, -0.15) is 0 Å². The second-order valence-electron chi connectivity index (χ2n) is 6.69. The lowest BCUT2D eigenvalue weighted by molar-refractivity contribution is -0.101. The SMILES string of the molecule is CNCC1OC(C(C)(C)C)C(CO)c2c1ccc(O)c2O.Cl. The van der Waals surface area contributed by atoms with Crippen molar-refractivity contribution in [2.45, 2.75) is 38.9 Å². The molecule has 1 heterocycles. The van der Waals surface area contributed by atoms with Crippen LogP contribution in [0.5, 0.6) is 11.5 Å². The molecule has 0 aliphatic carbocycles. The number of aliphatic hydroxyl groups is 1. The number of hydrogen-bond acceptors (Lipinski definition) is 5. The lowest BCUT2D eigenvalue weighted by Gasteiger charge is -2.44. The minimum Gasteiger partial charge on any atom is -0.504 e. The Hall–Kier alpha value is -1.01. The van der Waals surface area contributed by atoms with Crippen molar-refractivity contribution in [2.24, 2.45) is 5.41 Å². The first kappa shape index (κ1) is 19.0. The topological polar surface area (TPSA) is 82.0 Å². The standard InChI is InChI=1S/C16H25NO4.ClH/c1-16(2,3)15-10(8-18)13-9(12(21-15)7-17-4)5-6-11(19)14(13)20;/h5-6,10,12,15,17-20H,7-8H2,1-4H3;1H. The molecule has 1 aliphatic rings. The number of phenols is 2. The summed E-state index contributed by atoms with van der Waals surface area (Å²) >= 11 is 0. The Morgan fingerprint density at radius 1 is 1.23 bits per heavy atom. The molecule has 0 saturated heterocycles. The number of fused-ring (bicyclic) bond motifs is 1. The fourth-order valence-corrected chi connectivity index (χ4v) is 3.12. The fourth-order valence-electron chi connectivity index (χ4n) is 3.12. The minimum absolute atomic E-state index is 0. The Morgan fingerprint density at radius 2 is 1.86 bits per heavy atom. The lowest BCUT2D eigenvalue weighted by atomic mass is 9.74. The van der Waals surface area contributed by atoms with Gasteiger partial charge >= 0.3 is 0 Å². The molecule has 0 bridgehead atoms. The van der Waals surface area contributed by atoms with E-state index >= 15 is 0 Å². The van der Waals surface area contributed by atoms with Crippen LogP contribution in [0.2, 0.25) is 0 Å². The Kier molecular flexibility index (Phi) is 6.10. The zero-order valence-electron chi connectivity index (χ0n) is 13.5. The highest BCUT2D eigenvalue weighted by atomic mass is 35.5. The van der Waals surface area contributed by atoms with Crippen LogP contribution in [0.3, 0.4) is 0 Å². The summed E-state index contributed by atoms with van der Waals surface area (Å²) in [5.74, 6) is -0.671. The highest BCUT2D eigenvalue weighted by Crippen LogP contribution is 2.49. The van der Waals surface area contributed by atoms with Crippen LogP contribution in [0.25, 0.3) is 0 Å². The highest BCUT2D eigenvalue weighted by molar-refractivity contribution is 5.85. The van der Waals surface area contributed by atoms with Crippen molar-refractivity contribution in [3.63, 3.8) is 0 Å². The van der Waals surface area contributed by atoms with Gasteiger partial charge in [-0.25, -0.2) is 0 Å². The van der Waals surface area contributed by atoms with Crippen LogP contribution >= 0.6 is 12.4 Å². The molecule has 5 nitrogen and oxygen atoms in total. The Labute approximate surface area is 137 Å². The maximum atomic E-state index is 10.3. The summed E-state index contributed by atoms with van der Waals surface area (Å²) in [6.45, 7) is 6.59. The van der Waals surface area contributed by atoms with Gasteiger partial charge in [0.25, 0.3) is 0 Å². The van der Waals surface area contributed by atoms with E-state index in [9.17, 15) is 15.3 Å². The molecule has 0 fully saturated rings. The smallest absolute Gasteiger partial charge is 0.161 e. The number of aromatic hydroxyl groups is 2. The van der Waals surface area contributed by atoms with Gasteiger partial charge in [0.05, 0.1) is 18.8 Å². The van der Waals surface area contributed by atoms with Crippen molar-refractivity contribution in [1.82, 2.24) is 5.32 Å². The average Bonchev–Trinajstić information content (AvgIpc) is 2.41. The van der Waals surface area contributed by atoms with Crippen molar-refractivity contribution in [3.05, 3.63) is 23.3 Å². The minimum atomic E-state index is -0.361. The van der Waals surface area contributed by atoms with Crippen molar-refractivity contribution in [1.29, 1.82) is 0 Å². The van der Waals surface area contributed by atoms with E-state index in [0.29, 0.717) is 12.1 Å². The monoisotopic (exact) mass is 331 g/mol. The summed E-state index contributed by atoms with van der Waals surface area (Å²) in [4.78, 5) is 0. The number of likely N-dealkylation sites (N-methyl/N-ethyl adjacent to an activating group) is 1. The van der Waals surface area contributed by atoms with Gasteiger partial charge in [0.1, 0.15) is 0 Å². The van der Waals surface area contributed by atoms with Gasteiger partial charge in [0.2, 0.25) is 0 Å². The molecule has 1 aromatic rings. The summed E-state index contributed by atoms with van der Waals surface area (Å²) in [5, 5.41) is 33.0. The zero-order valence-corrected chi connectivity index (χ0v) is 14.3. The van der Waals surface area contributed by atoms with Crippen LogP contribution in [0.1, 0.15) is 43.9 Å². The van der Waals surface area contributed by atoms with Gasteiger partial charge in [0, 0.05) is 18.0 Å². The second-order valence-corrected chi connectivity index (χ2v) is 6.69. The van der Waals surface area contributed by atoms with E-state index in [0.717, 1.165) is 5.56 Å². The fraction of sp³-hybridized carbons (Fsp3) is 0.625. The van der Waals surface area contributed by atoms with E-state index in [-0.39, 0.29) is 54.1 Å². The van der Waals surface area contributed by atoms with Crippen LogP contribution in [-0.2, 0) is 4.74 Å². The predicted molar refractivity (Wildman–Crippen MR) is 87.8 cm³/mol. The number of phenolic OH excluding ortho intramolecular Hbond substituents is 2. The maximum Gasteiger partial charge on any atom is 0.161 e. The molecule has 0 spiro atoms. The van der Waals surface area contributed by atoms with Crippen LogP contribution in [-0.4, -0.2) is 41.6 Å². The number of benzene rings is 1. The van der Waals surface area contributed by atoms with Crippen molar-refractivity contribution >= 4 is 12.4 Å². The van der Waals surface area contributed by atoms with Crippen molar-refractivity contribution in [3.8, 4) is 11.5 Å². The van der Waals surface area contributed by atoms with Crippen molar-refractivity contribution < 1.29 is 20.1 Å². The third-order valence-electron chi connectivity index (χ3n) is 4.06. The van der Waals surface area contributed by atoms with Gasteiger partial charge in [-0.15, -0.1) is 12.4 Å². The number of hydrogen-bond donors (Lipinski definition) is 4. The maximum absolute atomic E-state index is 10.3. The quantitative estimate of drug-likeness (QED) is 0.639. The average molecular weight is 332 g/mol. The third kappa shape index (κ3) is 3.33. The molecule has 0 amide bonds. The van der Waals surface area contributed by atoms with E-state index in [1.54, 1.807) is 6.07 Å². The zero-order chi connectivity index (χ0) is 15.8. The molecule has 0 aromatic heterocycles. The molecule has 6 heteroatoms. The van der Waals surface area contributed by atoms with Crippen LogP contribution < -0.4 is 5.32 Å². The van der Waals surface area contributed by atoms with Crippen LogP contribution in [0.15, 0.2) is 12.1 Å². The van der Waals surface area contributed by atoms with Crippen LogP contribution in [0.4, 0.5) is 0 Å². The Bertz CT molecular complexity index is 516. The number of halogens is 1. The Balaban J connectivity index is 0.00000242. The molecule has 3 unspecified atom stereocenters. The predicted octanol–water partition coefficient (Wildman–Crippen LogP) is 2.30. The summed E-state index contributed by atoms with van der Waals surface area (Å²) in [6.07, 6.45) is -0.468. The first-order chi connectivity index (χ1) is 9.81. The molecular weight excluding hydrogens is 306 g/mol. The first-order valence-corrected chi connectivity index (χ1v) is 7.26. The Morgan fingerprint density at radius 3 is 2.36 bits per heavy atom. The molecule has 1 aromatic carbocycles. The number of aliphatic hydroxyl groups excluding tert-OH is 1. The molecule has 0 saturated carbocycles. The molecule has 1 aliphatic heterocycles. The van der Waals surface area contributed by atoms with E-state index in [2.05, 4.69) is 5.32 Å². The first-order valence-electron chi connectivity index (χ1n) is 7.26. The molecule has 4 N–H and O–H groups in total. The number of rotatable bonds is 3. The molecule has 22 heavy (non-hydrogen) atoms. The lowest BCUT2D eigenvalue weighted by Crippen LogP contribution is -2.43. The molecule has 126 valence electrons. The van der Waals surface area contributed by atoms with Crippen LogP contribution in [0, 0.1) is 5.41 Å². The van der Waals surface area contributed by atoms with Gasteiger partial charge in [-0.3, -0.25) is 0 Å². The molecule has 3 atom stereocenters. The molecule has 0 radical (unpaired) electrons. The normalized spacial score (nSPS) is 24.5. The highest BCUT2D eigenvalue weighted by Gasteiger charge is 2.43. The molecular formula is C16H26ClNO4. The molecule has 2 rings (SSSR count). The summed E-state index contributed by atoms with van der Waals surface area (Å²) in [7, 11) is 1.84. The number of nitrogens with one attached hydrogen (secondary N) is 1. The van der Waals surface area contributed by atoms with E-state index in [1.807, 2.05) is 27.8 Å². The largest absolute Gasteiger partial charge is 0.504 e. The van der Waals surface area contributed by atoms with Gasteiger partial charge < -0.3 is 25.4 Å².